The molecule has 0 aliphatic carbocycles. The summed E-state index contributed by atoms with van der Waals surface area (Å²) in [5.74, 6) is -0.718. The second kappa shape index (κ2) is 6.85. The Balaban J connectivity index is 1.84. The fourth-order valence-corrected chi connectivity index (χ4v) is 7.01. The zero-order chi connectivity index (χ0) is 20.0. The molecule has 0 radical (unpaired) electrons. The number of carbonyl (C=O) groups is 2. The maximum Gasteiger partial charge on any atom is 0.261 e. The molecule has 0 unspecified atom stereocenters. The minimum atomic E-state index is -3.40. The summed E-state index contributed by atoms with van der Waals surface area (Å²) in [6.45, 7) is 6.42. The maximum absolute atomic E-state index is 12.7. The lowest BCUT2D eigenvalue weighted by Crippen LogP contribution is -2.47. The van der Waals surface area contributed by atoms with Crippen LogP contribution >= 0.6 is 0 Å². The number of sulfonamides is 1. The predicted octanol–water partition coefficient (Wildman–Crippen LogP) is 2.57. The van der Waals surface area contributed by atoms with Crippen LogP contribution in [-0.2, 0) is 10.0 Å². The molecular weight excluding hydrogens is 380 g/mol. The Morgan fingerprint density at radius 2 is 1.44 bits per heavy atom. The van der Waals surface area contributed by atoms with E-state index in [9.17, 15) is 18.0 Å². The number of benzene rings is 2. The summed E-state index contributed by atoms with van der Waals surface area (Å²) in [7, 11) is -5.08. The van der Waals surface area contributed by atoms with E-state index in [1.165, 1.54) is 10.6 Å². The van der Waals surface area contributed by atoms with E-state index >= 15 is 0 Å². The molecule has 0 spiro atoms. The molecule has 0 atom stereocenters. The summed E-state index contributed by atoms with van der Waals surface area (Å²) in [5, 5.41) is 1.80. The molecule has 0 bridgehead atoms. The number of amides is 2. The average molecular weight is 405 g/mol. The van der Waals surface area contributed by atoms with Gasteiger partial charge in [-0.3, -0.25) is 14.5 Å². The van der Waals surface area contributed by atoms with E-state index in [-0.39, 0.29) is 24.9 Å². The second-order valence-electron chi connectivity index (χ2n) is 8.16. The number of hydrogen-bond acceptors (Lipinski definition) is 4. The molecule has 8 heteroatoms. The van der Waals surface area contributed by atoms with Crippen molar-refractivity contribution in [1.82, 2.24) is 9.21 Å². The molecule has 0 aromatic heterocycles. The minimum absolute atomic E-state index is 0.0558. The van der Waals surface area contributed by atoms with E-state index in [4.69, 9.17) is 0 Å². The standard InChI is InChI=1S/C19H24N2O4SSi/c1-26(24,25)20(13-27(2,3)4)9-10-21-18(22)16-11-14-7-5-6-8-15(14)12-17(16)19(21)23/h5-8,11-12H,9-10,13H2,1-4H3. The van der Waals surface area contributed by atoms with Crippen molar-refractivity contribution in [2.45, 2.75) is 19.6 Å². The van der Waals surface area contributed by atoms with Crippen molar-refractivity contribution in [3.05, 3.63) is 47.5 Å². The van der Waals surface area contributed by atoms with Crippen LogP contribution in [0.3, 0.4) is 0 Å². The highest BCUT2D eigenvalue weighted by Crippen LogP contribution is 2.28. The largest absolute Gasteiger partial charge is 0.273 e. The van der Waals surface area contributed by atoms with Gasteiger partial charge in [0.05, 0.1) is 25.5 Å². The van der Waals surface area contributed by atoms with Gasteiger partial charge in [-0.2, -0.15) is 0 Å². The van der Waals surface area contributed by atoms with E-state index in [2.05, 4.69) is 19.6 Å². The molecule has 0 saturated heterocycles. The third kappa shape index (κ3) is 4.12. The van der Waals surface area contributed by atoms with Gasteiger partial charge in [-0.1, -0.05) is 43.9 Å². The maximum atomic E-state index is 12.7. The molecule has 1 aliphatic rings. The van der Waals surface area contributed by atoms with Crippen molar-refractivity contribution in [3.63, 3.8) is 0 Å². The van der Waals surface area contributed by atoms with Crippen molar-refractivity contribution >= 4 is 40.7 Å². The third-order valence-corrected chi connectivity index (χ3v) is 7.34. The van der Waals surface area contributed by atoms with Gasteiger partial charge in [0.2, 0.25) is 10.0 Å². The number of imide groups is 1. The zero-order valence-electron chi connectivity index (χ0n) is 16.0. The summed E-state index contributed by atoms with van der Waals surface area (Å²) in [6.07, 6.45) is 1.63. The average Bonchev–Trinajstić information content (AvgIpc) is 2.78. The molecule has 6 nitrogen and oxygen atoms in total. The van der Waals surface area contributed by atoms with Crippen LogP contribution in [0.2, 0.25) is 19.6 Å². The molecule has 2 aromatic rings. The Bertz CT molecular complexity index is 973. The van der Waals surface area contributed by atoms with Crippen LogP contribution in [0.4, 0.5) is 0 Å². The highest BCUT2D eigenvalue weighted by molar-refractivity contribution is 7.88. The molecule has 1 heterocycles. The van der Waals surface area contributed by atoms with Crippen molar-refractivity contribution in [2.75, 3.05) is 25.5 Å². The topological polar surface area (TPSA) is 74.8 Å². The van der Waals surface area contributed by atoms with Gasteiger partial charge >= 0.3 is 0 Å². The summed E-state index contributed by atoms with van der Waals surface area (Å²) in [4.78, 5) is 26.6. The van der Waals surface area contributed by atoms with Crippen LogP contribution in [0.25, 0.3) is 10.8 Å². The Hall–Kier alpha value is -2.03. The Kier molecular flexibility index (Phi) is 5.00. The smallest absolute Gasteiger partial charge is 0.261 e. The number of fused-ring (bicyclic) bond motifs is 2. The number of rotatable bonds is 6. The summed E-state index contributed by atoms with van der Waals surface area (Å²) < 4.78 is 25.6. The molecule has 2 amide bonds. The lowest BCUT2D eigenvalue weighted by atomic mass is 10.0. The van der Waals surface area contributed by atoms with E-state index in [1.54, 1.807) is 12.1 Å². The van der Waals surface area contributed by atoms with Crippen LogP contribution in [0.15, 0.2) is 36.4 Å². The summed E-state index contributed by atoms with van der Waals surface area (Å²) >= 11 is 0. The van der Waals surface area contributed by atoms with Crippen molar-refractivity contribution in [3.8, 4) is 0 Å². The monoisotopic (exact) mass is 404 g/mol. The van der Waals surface area contributed by atoms with Gasteiger partial charge in [0.1, 0.15) is 0 Å². The van der Waals surface area contributed by atoms with Gasteiger partial charge in [-0.05, 0) is 22.9 Å². The summed E-state index contributed by atoms with van der Waals surface area (Å²) in [6, 6.07) is 11.0. The molecule has 0 N–H and O–H groups in total. The van der Waals surface area contributed by atoms with E-state index in [1.807, 2.05) is 24.3 Å². The van der Waals surface area contributed by atoms with Gasteiger partial charge < -0.3 is 0 Å². The van der Waals surface area contributed by atoms with Gasteiger partial charge in [0.25, 0.3) is 11.8 Å². The highest BCUT2D eigenvalue weighted by atomic mass is 32.2. The Morgan fingerprint density at radius 1 is 0.963 bits per heavy atom. The predicted molar refractivity (Wildman–Crippen MR) is 109 cm³/mol. The first-order valence-corrected chi connectivity index (χ1v) is 14.4. The van der Waals surface area contributed by atoms with Gasteiger partial charge in [-0.15, -0.1) is 0 Å². The van der Waals surface area contributed by atoms with Crippen molar-refractivity contribution in [1.29, 1.82) is 0 Å². The molecule has 3 rings (SSSR count). The van der Waals surface area contributed by atoms with E-state index in [0.717, 1.165) is 15.7 Å². The SMILES string of the molecule is C[Si](C)(C)CN(CCN1C(=O)c2cc3ccccc3cc2C1=O)S(C)(=O)=O. The van der Waals surface area contributed by atoms with Crippen LogP contribution in [0, 0.1) is 0 Å². The van der Waals surface area contributed by atoms with Crippen LogP contribution in [0.5, 0.6) is 0 Å². The van der Waals surface area contributed by atoms with E-state index in [0.29, 0.717) is 17.3 Å². The molecular formula is C19H24N2O4SSi. The van der Waals surface area contributed by atoms with Crippen LogP contribution < -0.4 is 0 Å². The van der Waals surface area contributed by atoms with Gasteiger partial charge in [-0.25, -0.2) is 12.7 Å². The fourth-order valence-electron chi connectivity index (χ4n) is 3.28. The number of hydrogen-bond donors (Lipinski definition) is 0. The van der Waals surface area contributed by atoms with Crippen LogP contribution in [0.1, 0.15) is 20.7 Å². The van der Waals surface area contributed by atoms with Gasteiger partial charge in [0, 0.05) is 19.3 Å². The minimum Gasteiger partial charge on any atom is -0.273 e. The third-order valence-electron chi connectivity index (χ3n) is 4.53. The lowest BCUT2D eigenvalue weighted by molar-refractivity contribution is 0.0649. The Morgan fingerprint density at radius 3 is 1.85 bits per heavy atom. The van der Waals surface area contributed by atoms with Crippen molar-refractivity contribution in [2.24, 2.45) is 0 Å². The molecule has 144 valence electrons. The van der Waals surface area contributed by atoms with Crippen molar-refractivity contribution < 1.29 is 18.0 Å². The normalized spacial score (nSPS) is 15.1. The Labute approximate surface area is 160 Å². The van der Waals surface area contributed by atoms with E-state index < -0.39 is 18.1 Å². The first-order chi connectivity index (χ1) is 12.5. The number of nitrogens with zero attached hydrogens (tertiary/aromatic N) is 2. The van der Waals surface area contributed by atoms with Gasteiger partial charge in [0.15, 0.2) is 0 Å². The quantitative estimate of drug-likeness (QED) is 0.548. The first-order valence-electron chi connectivity index (χ1n) is 8.81. The second-order valence-corrected chi connectivity index (χ2v) is 15.6. The molecule has 27 heavy (non-hydrogen) atoms. The lowest BCUT2D eigenvalue weighted by Gasteiger charge is -2.28. The highest BCUT2D eigenvalue weighted by Gasteiger charge is 2.36. The molecule has 0 saturated carbocycles. The molecule has 2 aromatic carbocycles. The molecule has 0 fully saturated rings. The fraction of sp³-hybridized carbons (Fsp3) is 0.368. The molecule has 1 aliphatic heterocycles. The number of carbonyl (C=O) groups excluding carboxylic acids is 2. The summed E-state index contributed by atoms with van der Waals surface area (Å²) in [5.41, 5.74) is 0.768. The van der Waals surface area contributed by atoms with Crippen LogP contribution in [-0.4, -0.2) is 63.0 Å². The first kappa shape index (κ1) is 19.7. The zero-order valence-corrected chi connectivity index (χ0v) is 17.8.